The third kappa shape index (κ3) is 1.78. The van der Waals surface area contributed by atoms with Crippen LogP contribution < -0.4 is 9.22 Å². The van der Waals surface area contributed by atoms with E-state index in [1.54, 1.807) is 24.5 Å². The minimum Gasteiger partial charge on any atom is -0.380 e. The van der Waals surface area contributed by atoms with Gasteiger partial charge in [-0.3, -0.25) is 0 Å². The van der Waals surface area contributed by atoms with E-state index in [9.17, 15) is 4.79 Å². The van der Waals surface area contributed by atoms with Gasteiger partial charge in [-0.1, -0.05) is 18.2 Å². The highest BCUT2D eigenvalue weighted by atomic mass is 16.6. The van der Waals surface area contributed by atoms with Crippen molar-refractivity contribution in [1.29, 1.82) is 0 Å². The molecule has 5 heteroatoms. The second kappa shape index (κ2) is 4.68. The maximum atomic E-state index is 12.6. The number of rotatable bonds is 2. The lowest BCUT2D eigenvalue weighted by atomic mass is 10.3. The summed E-state index contributed by atoms with van der Waals surface area (Å²) in [6.45, 7) is 4.08. The molecule has 1 saturated heterocycles. The Balaban J connectivity index is 1.91. The quantitative estimate of drug-likeness (QED) is 0.622. The summed E-state index contributed by atoms with van der Waals surface area (Å²) in [5, 5.41) is 7.64. The Morgan fingerprint density at radius 1 is 1.10 bits per heavy atom. The van der Waals surface area contributed by atoms with E-state index in [2.05, 4.69) is 10.2 Å². The van der Waals surface area contributed by atoms with Gasteiger partial charge in [0.25, 0.3) is 0 Å². The minimum atomic E-state index is -0.274. The van der Waals surface area contributed by atoms with Gasteiger partial charge in [0.2, 0.25) is 0 Å². The zero-order chi connectivity index (χ0) is 14.2. The summed E-state index contributed by atoms with van der Waals surface area (Å²) in [6, 6.07) is 11.3. The molecule has 0 spiro atoms. The topological polar surface area (TPSA) is 52.1 Å². The van der Waals surface area contributed by atoms with Gasteiger partial charge in [0.1, 0.15) is 11.9 Å². The van der Waals surface area contributed by atoms with Gasteiger partial charge >= 0.3 is 6.09 Å². The van der Waals surface area contributed by atoms with Gasteiger partial charge in [-0.15, -0.1) is 0 Å². The van der Waals surface area contributed by atoms with Crippen molar-refractivity contribution >= 4 is 11.8 Å². The van der Waals surface area contributed by atoms with Crippen molar-refractivity contribution in [2.24, 2.45) is 0 Å². The summed E-state index contributed by atoms with van der Waals surface area (Å²) in [4.78, 5) is 12.6. The van der Waals surface area contributed by atoms with Crippen molar-refractivity contribution in [3.63, 3.8) is 0 Å². The smallest absolute Gasteiger partial charge is 0.380 e. The first-order valence-electron chi connectivity index (χ1n) is 6.60. The fraction of sp³-hybridized carbons (Fsp3) is 0.267. The molecule has 1 aromatic carbocycles. The van der Waals surface area contributed by atoms with Crippen molar-refractivity contribution < 1.29 is 9.53 Å². The van der Waals surface area contributed by atoms with Crippen LogP contribution in [0.5, 0.6) is 5.75 Å². The number of hydrogen-bond acceptors (Lipinski definition) is 4. The van der Waals surface area contributed by atoms with Crippen LogP contribution in [-0.2, 0) is 0 Å². The summed E-state index contributed by atoms with van der Waals surface area (Å²) in [7, 11) is 0. The van der Waals surface area contributed by atoms with Crippen LogP contribution in [0.15, 0.2) is 48.8 Å². The van der Waals surface area contributed by atoms with E-state index in [-0.39, 0.29) is 22.7 Å². The molecule has 3 rings (SSSR count). The number of carbonyl (C=O) groups excluding carboxylic acids is 1. The second-order valence-electron chi connectivity index (χ2n) is 5.04. The van der Waals surface area contributed by atoms with Crippen LogP contribution in [0.25, 0.3) is 0 Å². The molecule has 2 heterocycles. The van der Waals surface area contributed by atoms with Crippen molar-refractivity contribution in [1.82, 2.24) is 14.7 Å². The van der Waals surface area contributed by atoms with Crippen LogP contribution in [0.1, 0.15) is 13.8 Å². The highest BCUT2D eigenvalue weighted by molar-refractivity contribution is 5.89. The summed E-state index contributed by atoms with van der Waals surface area (Å²) >= 11 is 0. The van der Waals surface area contributed by atoms with Gasteiger partial charge in [-0.2, -0.15) is 19.5 Å². The zero-order valence-corrected chi connectivity index (χ0v) is 11.4. The normalized spacial score (nSPS) is 27.9. The van der Waals surface area contributed by atoms with E-state index in [0.29, 0.717) is 5.75 Å². The highest BCUT2D eigenvalue weighted by Crippen LogP contribution is 2.45. The van der Waals surface area contributed by atoms with Crippen LogP contribution >= 0.6 is 0 Å². The Labute approximate surface area is 117 Å². The Bertz CT molecular complexity index is 608. The number of quaternary nitrogens is 1. The monoisotopic (exact) mass is 270 g/mol. The SMILES string of the molecule is CC1[C@H](C)[N+]1(C(=O)Oc1ccccc1)c1ccnnc1. The molecule has 1 aromatic heterocycles. The van der Waals surface area contributed by atoms with E-state index in [1.165, 1.54) is 0 Å². The Hall–Kier alpha value is -2.27. The molecule has 2 unspecified atom stereocenters. The van der Waals surface area contributed by atoms with E-state index in [0.717, 1.165) is 5.69 Å². The molecule has 0 bridgehead atoms. The standard InChI is InChI=1S/C15H16N3O2/c1-11-12(2)18(11,13-8-9-16-17-10-13)15(19)20-14-6-4-3-5-7-14/h3-12H,1-2H3/q+1/t11-,12?,18?/m0/s1. The van der Waals surface area contributed by atoms with Crippen molar-refractivity contribution in [2.45, 2.75) is 25.9 Å². The highest BCUT2D eigenvalue weighted by Gasteiger charge is 2.69. The van der Waals surface area contributed by atoms with Gasteiger partial charge in [0.15, 0.2) is 17.8 Å². The number of para-hydroxylation sites is 1. The number of benzene rings is 1. The number of aromatic nitrogens is 2. The summed E-state index contributed by atoms with van der Waals surface area (Å²) in [5.41, 5.74) is 0.820. The number of hydrogen-bond donors (Lipinski definition) is 0. The first kappa shape index (κ1) is 12.7. The molecule has 5 nitrogen and oxygen atoms in total. The number of nitrogens with zero attached hydrogens (tertiary/aromatic N) is 3. The molecular weight excluding hydrogens is 254 g/mol. The van der Waals surface area contributed by atoms with Crippen molar-refractivity contribution in [3.8, 4) is 5.75 Å². The van der Waals surface area contributed by atoms with E-state index >= 15 is 0 Å². The average Bonchev–Trinajstić information content (AvgIpc) is 3.04. The number of amides is 1. The maximum absolute atomic E-state index is 12.6. The Kier molecular flexibility index (Phi) is 2.99. The molecule has 102 valence electrons. The molecule has 1 aliphatic rings. The van der Waals surface area contributed by atoms with Gasteiger partial charge < -0.3 is 4.74 Å². The van der Waals surface area contributed by atoms with Crippen molar-refractivity contribution in [3.05, 3.63) is 48.8 Å². The summed E-state index contributed by atoms with van der Waals surface area (Å²) in [5.74, 6) is 0.559. The van der Waals surface area contributed by atoms with Crippen LogP contribution in [0.4, 0.5) is 10.5 Å². The Morgan fingerprint density at radius 3 is 2.35 bits per heavy atom. The van der Waals surface area contributed by atoms with Crippen LogP contribution in [0, 0.1) is 0 Å². The van der Waals surface area contributed by atoms with Crippen LogP contribution in [0.2, 0.25) is 0 Å². The van der Waals surface area contributed by atoms with Crippen molar-refractivity contribution in [2.75, 3.05) is 0 Å². The van der Waals surface area contributed by atoms with Crippen LogP contribution in [-0.4, -0.2) is 28.4 Å². The summed E-state index contributed by atoms with van der Waals surface area (Å²) in [6.07, 6.45) is 2.96. The van der Waals surface area contributed by atoms with Gasteiger partial charge in [0.05, 0.1) is 6.20 Å². The predicted octanol–water partition coefficient (Wildman–Crippen LogP) is 2.77. The third-order valence-corrected chi connectivity index (χ3v) is 4.14. The number of carbonyl (C=O) groups is 1. The number of ether oxygens (including phenoxy) is 1. The lowest BCUT2D eigenvalue weighted by Crippen LogP contribution is -2.40. The van der Waals surface area contributed by atoms with E-state index in [4.69, 9.17) is 4.74 Å². The first-order chi connectivity index (χ1) is 9.67. The molecule has 0 saturated carbocycles. The third-order valence-electron chi connectivity index (χ3n) is 4.14. The lowest BCUT2D eigenvalue weighted by molar-refractivity contribution is 0.181. The molecular formula is C15H16N3O2+. The predicted molar refractivity (Wildman–Crippen MR) is 75.2 cm³/mol. The zero-order valence-electron chi connectivity index (χ0n) is 11.4. The lowest BCUT2D eigenvalue weighted by Gasteiger charge is -2.16. The minimum absolute atomic E-state index is 0.171. The molecule has 3 atom stereocenters. The Morgan fingerprint density at radius 2 is 1.80 bits per heavy atom. The molecule has 0 aliphatic carbocycles. The van der Waals surface area contributed by atoms with Gasteiger partial charge in [-0.05, 0) is 26.0 Å². The summed E-state index contributed by atoms with van der Waals surface area (Å²) < 4.78 is 5.69. The molecule has 0 radical (unpaired) electrons. The molecule has 0 N–H and O–H groups in total. The maximum Gasteiger partial charge on any atom is 0.527 e. The largest absolute Gasteiger partial charge is 0.527 e. The average molecular weight is 270 g/mol. The molecule has 1 fully saturated rings. The van der Waals surface area contributed by atoms with Crippen LogP contribution in [0.3, 0.4) is 0 Å². The fourth-order valence-electron chi connectivity index (χ4n) is 2.76. The van der Waals surface area contributed by atoms with E-state index < -0.39 is 0 Å². The van der Waals surface area contributed by atoms with E-state index in [1.807, 2.05) is 38.1 Å². The van der Waals surface area contributed by atoms with Gasteiger partial charge in [0, 0.05) is 6.07 Å². The first-order valence-corrected chi connectivity index (χ1v) is 6.60. The van der Waals surface area contributed by atoms with Gasteiger partial charge in [-0.25, -0.2) is 0 Å². The molecule has 1 aliphatic heterocycles. The molecule has 2 aromatic rings. The molecule has 20 heavy (non-hydrogen) atoms. The second-order valence-corrected chi connectivity index (χ2v) is 5.04. The fourth-order valence-corrected chi connectivity index (χ4v) is 2.76. The molecule has 1 amide bonds.